The second-order valence-electron chi connectivity index (χ2n) is 8.92. The Morgan fingerprint density at radius 1 is 0.872 bits per heavy atom. The molecule has 0 aromatic heterocycles. The van der Waals surface area contributed by atoms with Crippen LogP contribution in [0.5, 0.6) is 11.5 Å². The number of benzene rings is 4. The average Bonchev–Trinajstić information content (AvgIpc) is 3.28. The van der Waals surface area contributed by atoms with E-state index in [4.69, 9.17) is 14.2 Å². The molecule has 0 heterocycles. The van der Waals surface area contributed by atoms with Crippen LogP contribution in [-0.2, 0) is 4.74 Å². The van der Waals surface area contributed by atoms with Gasteiger partial charge in [0.15, 0.2) is 11.5 Å². The van der Waals surface area contributed by atoms with Gasteiger partial charge in [0.25, 0.3) is 0 Å². The van der Waals surface area contributed by atoms with Crippen molar-refractivity contribution >= 4 is 18.1 Å². The molecule has 1 N–H and O–H groups in total. The monoisotopic (exact) mass is 523 g/mol. The Morgan fingerprint density at radius 3 is 2.21 bits per heavy atom. The van der Waals surface area contributed by atoms with Gasteiger partial charge in [0, 0.05) is 12.5 Å². The topological polar surface area (TPSA) is 73.9 Å². The van der Waals surface area contributed by atoms with E-state index < -0.39 is 17.9 Å². The molecule has 4 aromatic carbocycles. The molecule has 1 amide bonds. The summed E-state index contributed by atoms with van der Waals surface area (Å²) in [5.41, 5.74) is 5.68. The molecular formula is C32H26FNO5. The largest absolute Gasteiger partial charge is 0.493 e. The predicted molar refractivity (Wildman–Crippen MR) is 146 cm³/mol. The molecule has 6 nitrogen and oxygen atoms in total. The Kier molecular flexibility index (Phi) is 7.68. The van der Waals surface area contributed by atoms with Gasteiger partial charge >= 0.3 is 12.1 Å². The molecule has 0 bridgehead atoms. The van der Waals surface area contributed by atoms with E-state index in [1.165, 1.54) is 42.5 Å². The molecule has 0 spiro atoms. The Morgan fingerprint density at radius 2 is 1.54 bits per heavy atom. The molecule has 0 aliphatic heterocycles. The fraction of sp³-hybridized carbons (Fsp3) is 0.125. The number of hydrogen-bond acceptors (Lipinski definition) is 5. The van der Waals surface area contributed by atoms with E-state index in [-0.39, 0.29) is 30.4 Å². The summed E-state index contributed by atoms with van der Waals surface area (Å²) in [6.45, 7) is 0.513. The summed E-state index contributed by atoms with van der Waals surface area (Å²) in [7, 11) is 1.47. The summed E-state index contributed by atoms with van der Waals surface area (Å²) in [5, 5.41) is 2.74. The molecule has 1 aliphatic rings. The van der Waals surface area contributed by atoms with E-state index in [2.05, 4.69) is 29.6 Å². The molecule has 1 aliphatic carbocycles. The van der Waals surface area contributed by atoms with Gasteiger partial charge in [-0.2, -0.15) is 0 Å². The second-order valence-corrected chi connectivity index (χ2v) is 8.92. The van der Waals surface area contributed by atoms with Gasteiger partial charge in [-0.15, -0.1) is 0 Å². The molecule has 4 aromatic rings. The van der Waals surface area contributed by atoms with E-state index in [9.17, 15) is 14.0 Å². The minimum absolute atomic E-state index is 0.00169. The first-order chi connectivity index (χ1) is 19.0. The zero-order chi connectivity index (χ0) is 27.2. The highest BCUT2D eigenvalue weighted by molar-refractivity contribution is 5.91. The maximum absolute atomic E-state index is 13.1. The second kappa shape index (κ2) is 11.6. The first-order valence-corrected chi connectivity index (χ1v) is 12.4. The first-order valence-electron chi connectivity index (χ1n) is 12.4. The molecule has 7 heteroatoms. The summed E-state index contributed by atoms with van der Waals surface area (Å²) in [6.07, 6.45) is 3.08. The van der Waals surface area contributed by atoms with Gasteiger partial charge < -0.3 is 19.5 Å². The number of ether oxygens (including phenoxy) is 3. The molecule has 0 saturated heterocycles. The van der Waals surface area contributed by atoms with Crippen molar-refractivity contribution in [1.82, 2.24) is 5.32 Å². The van der Waals surface area contributed by atoms with Crippen molar-refractivity contribution in [3.8, 4) is 22.6 Å². The number of hydrogen-bond donors (Lipinski definition) is 1. The number of carbonyl (C=O) groups excluding carboxylic acids is 2. The predicted octanol–water partition coefficient (Wildman–Crippen LogP) is 6.61. The normalized spacial score (nSPS) is 12.1. The summed E-state index contributed by atoms with van der Waals surface area (Å²) < 4.78 is 29.4. The maximum atomic E-state index is 13.1. The molecule has 196 valence electrons. The first kappa shape index (κ1) is 25.7. The van der Waals surface area contributed by atoms with Crippen LogP contribution in [0.15, 0.2) is 97.1 Å². The molecule has 0 fully saturated rings. The Balaban J connectivity index is 1.14. The molecular weight excluding hydrogens is 497 g/mol. The Bertz CT molecular complexity index is 1480. The number of esters is 1. The van der Waals surface area contributed by atoms with E-state index in [0.29, 0.717) is 5.75 Å². The van der Waals surface area contributed by atoms with Gasteiger partial charge in [0.2, 0.25) is 0 Å². The number of alkyl carbamates (subject to hydrolysis) is 1. The van der Waals surface area contributed by atoms with Crippen molar-refractivity contribution in [2.24, 2.45) is 0 Å². The summed E-state index contributed by atoms with van der Waals surface area (Å²) in [6, 6.07) is 26.5. The quantitative estimate of drug-likeness (QED) is 0.208. The van der Waals surface area contributed by atoms with Crippen molar-refractivity contribution in [2.45, 2.75) is 5.92 Å². The van der Waals surface area contributed by atoms with Crippen LogP contribution < -0.4 is 14.8 Å². The van der Waals surface area contributed by atoms with Crippen LogP contribution in [0.1, 0.15) is 33.0 Å². The molecule has 0 atom stereocenters. The molecule has 39 heavy (non-hydrogen) atoms. The number of rotatable bonds is 8. The van der Waals surface area contributed by atoms with Crippen LogP contribution in [0, 0.1) is 5.82 Å². The fourth-order valence-corrected chi connectivity index (χ4v) is 4.60. The van der Waals surface area contributed by atoms with Gasteiger partial charge in [-0.3, -0.25) is 0 Å². The zero-order valence-corrected chi connectivity index (χ0v) is 21.2. The number of amides is 1. The Hall–Kier alpha value is -4.91. The highest BCUT2D eigenvalue weighted by Crippen LogP contribution is 2.44. The number of halogens is 1. The van der Waals surface area contributed by atoms with E-state index in [1.807, 2.05) is 24.3 Å². The van der Waals surface area contributed by atoms with Crippen LogP contribution in [-0.4, -0.2) is 32.3 Å². The standard InChI is InChI=1S/C32H26FNO5/c1-37-30-19-21(12-17-29(30)39-31(35)22-13-15-23(33)16-14-22)7-6-18-34-32(36)38-20-28-26-10-4-2-8-24(26)25-9-3-5-11-27(25)28/h2-17,19,28H,18,20H2,1H3,(H,34,36). The smallest absolute Gasteiger partial charge is 0.407 e. The third-order valence-electron chi connectivity index (χ3n) is 6.49. The van der Waals surface area contributed by atoms with Crippen LogP contribution in [0.4, 0.5) is 9.18 Å². The van der Waals surface area contributed by atoms with Crippen LogP contribution in [0.2, 0.25) is 0 Å². The number of fused-ring (bicyclic) bond motifs is 3. The molecule has 5 rings (SSSR count). The van der Waals surface area contributed by atoms with Crippen molar-refractivity contribution in [3.63, 3.8) is 0 Å². The third kappa shape index (κ3) is 5.83. The fourth-order valence-electron chi connectivity index (χ4n) is 4.60. The van der Waals surface area contributed by atoms with Crippen molar-refractivity contribution in [3.05, 3.63) is 125 Å². The SMILES string of the molecule is COc1cc(C=CCNC(=O)OCC2c3ccccc3-c3ccccc32)ccc1OC(=O)c1ccc(F)cc1. The minimum Gasteiger partial charge on any atom is -0.493 e. The lowest BCUT2D eigenvalue weighted by molar-refractivity contribution is 0.0729. The van der Waals surface area contributed by atoms with Crippen LogP contribution >= 0.6 is 0 Å². The van der Waals surface area contributed by atoms with Gasteiger partial charge in [0.05, 0.1) is 12.7 Å². The lowest BCUT2D eigenvalue weighted by Crippen LogP contribution is -2.26. The maximum Gasteiger partial charge on any atom is 0.407 e. The van der Waals surface area contributed by atoms with E-state index >= 15 is 0 Å². The summed E-state index contributed by atoms with van der Waals surface area (Å²) >= 11 is 0. The number of carbonyl (C=O) groups is 2. The van der Waals surface area contributed by atoms with Gasteiger partial charge in [-0.1, -0.05) is 66.7 Å². The number of methoxy groups -OCH3 is 1. The van der Waals surface area contributed by atoms with E-state index in [1.54, 1.807) is 30.4 Å². The van der Waals surface area contributed by atoms with Gasteiger partial charge in [0.1, 0.15) is 12.4 Å². The lowest BCUT2D eigenvalue weighted by Gasteiger charge is -2.14. The molecule has 0 saturated carbocycles. The van der Waals surface area contributed by atoms with Crippen LogP contribution in [0.25, 0.3) is 17.2 Å². The number of nitrogens with one attached hydrogen (secondary N) is 1. The van der Waals surface area contributed by atoms with Crippen molar-refractivity contribution in [1.29, 1.82) is 0 Å². The van der Waals surface area contributed by atoms with Crippen molar-refractivity contribution in [2.75, 3.05) is 20.3 Å². The highest BCUT2D eigenvalue weighted by atomic mass is 19.1. The van der Waals surface area contributed by atoms with E-state index in [0.717, 1.165) is 16.7 Å². The Labute approximate surface area is 225 Å². The average molecular weight is 524 g/mol. The third-order valence-corrected chi connectivity index (χ3v) is 6.49. The minimum atomic E-state index is -0.621. The van der Waals surface area contributed by atoms with Gasteiger partial charge in [-0.25, -0.2) is 14.0 Å². The summed E-state index contributed by atoms with van der Waals surface area (Å²) in [4.78, 5) is 24.7. The summed E-state index contributed by atoms with van der Waals surface area (Å²) in [5.74, 6) is -0.461. The zero-order valence-electron chi connectivity index (χ0n) is 21.2. The molecule has 0 radical (unpaired) electrons. The lowest BCUT2D eigenvalue weighted by atomic mass is 9.98. The van der Waals surface area contributed by atoms with Crippen molar-refractivity contribution < 1.29 is 28.2 Å². The molecule has 0 unspecified atom stereocenters. The van der Waals surface area contributed by atoms with Crippen LogP contribution in [0.3, 0.4) is 0 Å². The highest BCUT2D eigenvalue weighted by Gasteiger charge is 2.28. The van der Waals surface area contributed by atoms with Gasteiger partial charge in [-0.05, 0) is 64.2 Å².